The van der Waals surface area contributed by atoms with Crippen LogP contribution in [-0.4, -0.2) is 31.3 Å². The summed E-state index contributed by atoms with van der Waals surface area (Å²) in [4.78, 5) is 28.4. The Morgan fingerprint density at radius 1 is 1.17 bits per heavy atom. The molecule has 0 saturated carbocycles. The van der Waals surface area contributed by atoms with Gasteiger partial charge in [0.15, 0.2) is 6.10 Å². The van der Waals surface area contributed by atoms with Crippen molar-refractivity contribution in [3.63, 3.8) is 0 Å². The van der Waals surface area contributed by atoms with Crippen molar-refractivity contribution in [2.75, 3.05) is 5.32 Å². The number of sulfonamides is 1. The monoisotopic (exact) mass is 411 g/mol. The Kier molecular flexibility index (Phi) is 4.67. The molecule has 8 nitrogen and oxygen atoms in total. The normalized spacial score (nSPS) is 15.9. The van der Waals surface area contributed by atoms with Crippen molar-refractivity contribution in [1.29, 1.82) is 0 Å². The zero-order chi connectivity index (χ0) is 20.6. The zero-order valence-electron chi connectivity index (χ0n) is 15.4. The van der Waals surface area contributed by atoms with Crippen LogP contribution in [0.4, 0.5) is 5.69 Å². The molecule has 1 aliphatic heterocycles. The van der Waals surface area contributed by atoms with E-state index in [-0.39, 0.29) is 22.2 Å². The second-order valence-electron chi connectivity index (χ2n) is 6.49. The number of pyridine rings is 1. The van der Waals surface area contributed by atoms with E-state index in [4.69, 9.17) is 4.74 Å². The number of carbonyl (C=O) groups is 2. The second kappa shape index (κ2) is 7.17. The van der Waals surface area contributed by atoms with Gasteiger partial charge in [-0.25, -0.2) is 18.1 Å². The van der Waals surface area contributed by atoms with Crippen molar-refractivity contribution < 1.29 is 22.7 Å². The van der Waals surface area contributed by atoms with Crippen LogP contribution >= 0.6 is 0 Å². The molecule has 2 heterocycles. The van der Waals surface area contributed by atoms with Crippen molar-refractivity contribution in [3.8, 4) is 5.75 Å². The minimum Gasteiger partial charge on any atom is -0.478 e. The predicted octanol–water partition coefficient (Wildman–Crippen LogP) is 2.46. The molecule has 0 aliphatic carbocycles. The van der Waals surface area contributed by atoms with E-state index in [1.54, 1.807) is 18.2 Å². The minimum absolute atomic E-state index is 0.0207. The fraction of sp³-hybridized carbons (Fsp3) is 0.150. The Hall–Kier alpha value is -3.46. The number of aromatic nitrogens is 1. The van der Waals surface area contributed by atoms with E-state index >= 15 is 0 Å². The molecule has 1 unspecified atom stereocenters. The van der Waals surface area contributed by atoms with E-state index in [2.05, 4.69) is 10.3 Å². The molecule has 0 fully saturated rings. The van der Waals surface area contributed by atoms with E-state index in [0.29, 0.717) is 17.7 Å². The highest BCUT2D eigenvalue weighted by atomic mass is 32.2. The van der Waals surface area contributed by atoms with Crippen molar-refractivity contribution in [3.05, 3.63) is 60.3 Å². The number of rotatable bonds is 4. The van der Waals surface area contributed by atoms with Crippen LogP contribution in [-0.2, 0) is 14.8 Å². The quantitative estimate of drug-likeness (QED) is 0.682. The highest BCUT2D eigenvalue weighted by Crippen LogP contribution is 2.32. The van der Waals surface area contributed by atoms with Gasteiger partial charge in [0.25, 0.3) is 21.8 Å². The molecule has 0 radical (unpaired) electrons. The first-order valence-corrected chi connectivity index (χ1v) is 10.4. The highest BCUT2D eigenvalue weighted by Gasteiger charge is 2.28. The van der Waals surface area contributed by atoms with Crippen LogP contribution in [0.25, 0.3) is 10.9 Å². The Bertz CT molecular complexity index is 1240. The Labute approximate surface area is 167 Å². The first-order valence-electron chi connectivity index (χ1n) is 8.92. The van der Waals surface area contributed by atoms with Crippen molar-refractivity contribution in [2.24, 2.45) is 0 Å². The molecular formula is C20H17N3O5S. The summed E-state index contributed by atoms with van der Waals surface area (Å²) in [6, 6.07) is 14.4. The van der Waals surface area contributed by atoms with E-state index in [1.807, 2.05) is 23.8 Å². The largest absolute Gasteiger partial charge is 0.478 e. The van der Waals surface area contributed by atoms with Gasteiger partial charge in [0.2, 0.25) is 0 Å². The van der Waals surface area contributed by atoms with Crippen LogP contribution < -0.4 is 14.8 Å². The highest BCUT2D eigenvalue weighted by molar-refractivity contribution is 7.90. The van der Waals surface area contributed by atoms with Gasteiger partial charge in [0, 0.05) is 5.39 Å². The summed E-state index contributed by atoms with van der Waals surface area (Å²) in [5, 5.41) is 3.46. The second-order valence-corrected chi connectivity index (χ2v) is 8.17. The van der Waals surface area contributed by atoms with Crippen molar-refractivity contribution in [1.82, 2.24) is 9.71 Å². The fourth-order valence-corrected chi connectivity index (χ4v) is 3.98. The summed E-state index contributed by atoms with van der Waals surface area (Å²) in [7, 11) is -4.18. The first-order chi connectivity index (χ1) is 13.9. The number of para-hydroxylation sites is 1. The zero-order valence-corrected chi connectivity index (χ0v) is 16.2. The molecule has 3 aromatic rings. The third-order valence-corrected chi connectivity index (χ3v) is 5.84. The minimum atomic E-state index is -4.18. The maximum absolute atomic E-state index is 12.7. The molecular weight excluding hydrogens is 394 g/mol. The molecule has 0 saturated heterocycles. The Balaban J connectivity index is 1.59. The Morgan fingerprint density at radius 2 is 1.97 bits per heavy atom. The van der Waals surface area contributed by atoms with Gasteiger partial charge >= 0.3 is 0 Å². The smallest absolute Gasteiger partial charge is 0.283 e. The molecule has 4 rings (SSSR count). The van der Waals surface area contributed by atoms with Crippen molar-refractivity contribution in [2.45, 2.75) is 24.3 Å². The van der Waals surface area contributed by atoms with Crippen LogP contribution in [0, 0.1) is 0 Å². The molecule has 2 amide bonds. The summed E-state index contributed by atoms with van der Waals surface area (Å²) < 4.78 is 32.9. The molecule has 2 aromatic carbocycles. The molecule has 148 valence electrons. The summed E-state index contributed by atoms with van der Waals surface area (Å²) >= 11 is 0. The van der Waals surface area contributed by atoms with Gasteiger partial charge in [-0.2, -0.15) is 0 Å². The maximum Gasteiger partial charge on any atom is 0.283 e. The van der Waals surface area contributed by atoms with Gasteiger partial charge in [-0.05, 0) is 36.8 Å². The van der Waals surface area contributed by atoms with Gasteiger partial charge in [-0.1, -0.05) is 31.2 Å². The third kappa shape index (κ3) is 3.64. The summed E-state index contributed by atoms with van der Waals surface area (Å²) in [5.41, 5.74) is 0.795. The molecule has 1 aliphatic rings. The molecule has 2 N–H and O–H groups in total. The third-order valence-electron chi connectivity index (χ3n) is 4.51. The van der Waals surface area contributed by atoms with Crippen LogP contribution in [0.3, 0.4) is 0 Å². The number of amides is 2. The van der Waals surface area contributed by atoms with E-state index < -0.39 is 22.0 Å². The average molecular weight is 411 g/mol. The van der Waals surface area contributed by atoms with E-state index in [9.17, 15) is 18.0 Å². The van der Waals surface area contributed by atoms with E-state index in [0.717, 1.165) is 5.39 Å². The van der Waals surface area contributed by atoms with Gasteiger partial charge in [-0.15, -0.1) is 0 Å². The number of nitrogens with zero attached hydrogens (tertiary/aromatic N) is 1. The lowest BCUT2D eigenvalue weighted by Crippen LogP contribution is -2.36. The standard InChI is InChI=1S/C20H17N3O5S/c1-2-17-20(25)22-16-11-13(8-10-18(16)28-17)29(26,27)23-19(24)15-9-7-12-5-3-4-6-14(12)21-15/h3-11,17H,2H2,1H3,(H,22,25)(H,23,24). The molecule has 1 atom stereocenters. The average Bonchev–Trinajstić information content (AvgIpc) is 2.72. The maximum atomic E-state index is 12.7. The van der Waals surface area contributed by atoms with Crippen LogP contribution in [0.2, 0.25) is 0 Å². The number of benzene rings is 2. The number of hydrogen-bond acceptors (Lipinski definition) is 6. The van der Waals surface area contributed by atoms with Gasteiger partial charge in [0.05, 0.1) is 16.1 Å². The molecule has 0 bridgehead atoms. The number of nitrogens with one attached hydrogen (secondary N) is 2. The predicted molar refractivity (Wildman–Crippen MR) is 106 cm³/mol. The number of ether oxygens (including phenoxy) is 1. The molecule has 0 spiro atoms. The SMILES string of the molecule is CCC1Oc2ccc(S(=O)(=O)NC(=O)c3ccc4ccccc4n3)cc2NC1=O. The van der Waals surface area contributed by atoms with Gasteiger partial charge in [-0.3, -0.25) is 9.59 Å². The number of fused-ring (bicyclic) bond motifs is 2. The topological polar surface area (TPSA) is 114 Å². The lowest BCUT2D eigenvalue weighted by atomic mass is 10.2. The summed E-state index contributed by atoms with van der Waals surface area (Å²) in [5.74, 6) is -0.823. The summed E-state index contributed by atoms with van der Waals surface area (Å²) in [6.07, 6.45) is -0.135. The lowest BCUT2D eigenvalue weighted by molar-refractivity contribution is -0.123. The Morgan fingerprint density at radius 3 is 2.76 bits per heavy atom. The van der Waals surface area contributed by atoms with Gasteiger partial charge in [0.1, 0.15) is 11.4 Å². The molecule has 9 heteroatoms. The molecule has 29 heavy (non-hydrogen) atoms. The van der Waals surface area contributed by atoms with Crippen LogP contribution in [0.1, 0.15) is 23.8 Å². The van der Waals surface area contributed by atoms with Gasteiger partial charge < -0.3 is 10.1 Å². The van der Waals surface area contributed by atoms with Crippen LogP contribution in [0.15, 0.2) is 59.5 Å². The van der Waals surface area contributed by atoms with Crippen LogP contribution in [0.5, 0.6) is 5.75 Å². The van der Waals surface area contributed by atoms with Crippen molar-refractivity contribution >= 4 is 38.4 Å². The lowest BCUT2D eigenvalue weighted by Gasteiger charge is -2.25. The number of carbonyl (C=O) groups excluding carboxylic acids is 2. The van der Waals surface area contributed by atoms with E-state index in [1.165, 1.54) is 24.3 Å². The summed E-state index contributed by atoms with van der Waals surface area (Å²) in [6.45, 7) is 1.81. The number of hydrogen-bond donors (Lipinski definition) is 2. The fourth-order valence-electron chi connectivity index (χ4n) is 2.99. The molecule has 1 aromatic heterocycles. The first kappa shape index (κ1) is 18.9. The number of anilines is 1.